The van der Waals surface area contributed by atoms with E-state index in [4.69, 9.17) is 0 Å². The molecule has 0 atom stereocenters. The Balaban J connectivity index is 1.42. The lowest BCUT2D eigenvalue weighted by atomic mass is 10.2. The van der Waals surface area contributed by atoms with E-state index < -0.39 is 0 Å². The molecule has 1 saturated heterocycles. The van der Waals surface area contributed by atoms with Gasteiger partial charge in [-0.3, -0.25) is 14.5 Å². The third-order valence-corrected chi connectivity index (χ3v) is 4.28. The van der Waals surface area contributed by atoms with Gasteiger partial charge in [0, 0.05) is 38.3 Å². The Morgan fingerprint density at radius 1 is 1.12 bits per heavy atom. The molecule has 1 aromatic rings. The van der Waals surface area contributed by atoms with E-state index in [2.05, 4.69) is 10.2 Å². The predicted octanol–water partition coefficient (Wildman–Crippen LogP) is 1.26. The molecule has 0 spiro atoms. The summed E-state index contributed by atoms with van der Waals surface area (Å²) >= 11 is 0. The average molecular weight is 331 g/mol. The summed E-state index contributed by atoms with van der Waals surface area (Å²) in [6, 6.07) is 6.40. The Morgan fingerprint density at radius 2 is 1.79 bits per heavy atom. The summed E-state index contributed by atoms with van der Waals surface area (Å²) in [5.41, 5.74) is 0.792. The molecule has 0 bridgehead atoms. The van der Waals surface area contributed by atoms with Crippen LogP contribution in [0.1, 0.15) is 18.4 Å². The molecule has 1 saturated carbocycles. The van der Waals surface area contributed by atoms with Gasteiger partial charge in [-0.15, -0.1) is 0 Å². The molecule has 1 N–H and O–H groups in total. The zero-order valence-corrected chi connectivity index (χ0v) is 13.6. The number of hydrogen-bond acceptors (Lipinski definition) is 3. The lowest BCUT2D eigenvalue weighted by Gasteiger charge is -2.33. The van der Waals surface area contributed by atoms with E-state index >= 15 is 0 Å². The van der Waals surface area contributed by atoms with Crippen LogP contribution in [0.15, 0.2) is 30.3 Å². The van der Waals surface area contributed by atoms with Crippen molar-refractivity contribution in [3.8, 4) is 0 Å². The van der Waals surface area contributed by atoms with Gasteiger partial charge in [-0.2, -0.15) is 0 Å². The van der Waals surface area contributed by atoms with Crippen LogP contribution in [0.5, 0.6) is 0 Å². The highest BCUT2D eigenvalue weighted by molar-refractivity contribution is 5.91. The normalized spacial score (nSPS) is 18.8. The van der Waals surface area contributed by atoms with Crippen LogP contribution >= 0.6 is 0 Å². The number of hydrogen-bond donors (Lipinski definition) is 1. The van der Waals surface area contributed by atoms with Crippen molar-refractivity contribution in [3.05, 3.63) is 41.7 Å². The van der Waals surface area contributed by atoms with Crippen LogP contribution < -0.4 is 5.32 Å². The summed E-state index contributed by atoms with van der Waals surface area (Å²) < 4.78 is 12.8. The molecular weight excluding hydrogens is 309 g/mol. The average Bonchev–Trinajstić information content (AvgIpc) is 3.38. The number of amides is 2. The lowest BCUT2D eigenvalue weighted by Crippen LogP contribution is -2.51. The van der Waals surface area contributed by atoms with Gasteiger partial charge in [-0.05, 0) is 36.6 Å². The minimum atomic E-state index is -0.291. The first kappa shape index (κ1) is 16.6. The van der Waals surface area contributed by atoms with Crippen molar-refractivity contribution >= 4 is 17.9 Å². The van der Waals surface area contributed by atoms with Gasteiger partial charge in [0.1, 0.15) is 5.82 Å². The van der Waals surface area contributed by atoms with E-state index in [0.717, 1.165) is 18.4 Å². The van der Waals surface area contributed by atoms with E-state index in [1.807, 2.05) is 0 Å². The van der Waals surface area contributed by atoms with E-state index in [0.29, 0.717) is 38.8 Å². The van der Waals surface area contributed by atoms with E-state index in [9.17, 15) is 14.0 Å². The van der Waals surface area contributed by atoms with E-state index in [-0.39, 0.29) is 17.6 Å². The first-order chi connectivity index (χ1) is 11.6. The summed E-state index contributed by atoms with van der Waals surface area (Å²) in [5.74, 6) is -0.268. The molecule has 0 radical (unpaired) electrons. The number of carbonyl (C=O) groups excluding carboxylic acids is 2. The highest BCUT2D eigenvalue weighted by atomic mass is 19.1. The molecule has 2 fully saturated rings. The maximum absolute atomic E-state index is 12.8. The maximum atomic E-state index is 12.8. The van der Waals surface area contributed by atoms with Crippen LogP contribution in [0, 0.1) is 5.82 Å². The van der Waals surface area contributed by atoms with Crippen LogP contribution in [0.3, 0.4) is 0 Å². The number of benzene rings is 1. The van der Waals surface area contributed by atoms with Crippen molar-refractivity contribution in [2.45, 2.75) is 18.9 Å². The molecule has 2 amide bonds. The molecule has 1 aliphatic heterocycles. The van der Waals surface area contributed by atoms with E-state index in [1.54, 1.807) is 23.1 Å². The fourth-order valence-corrected chi connectivity index (χ4v) is 2.68. The monoisotopic (exact) mass is 331 g/mol. The second-order valence-corrected chi connectivity index (χ2v) is 6.33. The largest absolute Gasteiger partial charge is 0.352 e. The van der Waals surface area contributed by atoms with Crippen LogP contribution in [0.4, 0.5) is 4.39 Å². The fourth-order valence-electron chi connectivity index (χ4n) is 2.68. The molecule has 1 aliphatic carbocycles. The zero-order valence-electron chi connectivity index (χ0n) is 13.6. The smallest absolute Gasteiger partial charge is 0.246 e. The highest BCUT2D eigenvalue weighted by Crippen LogP contribution is 2.18. The Hall–Kier alpha value is -2.21. The van der Waals surface area contributed by atoms with Crippen molar-refractivity contribution in [1.29, 1.82) is 0 Å². The van der Waals surface area contributed by atoms with Crippen molar-refractivity contribution in [1.82, 2.24) is 15.1 Å². The minimum absolute atomic E-state index is 0.0543. The highest BCUT2D eigenvalue weighted by Gasteiger charge is 2.25. The number of piperazine rings is 1. The topological polar surface area (TPSA) is 52.7 Å². The molecule has 3 rings (SSSR count). The number of rotatable bonds is 5. The first-order valence-corrected chi connectivity index (χ1v) is 8.34. The Kier molecular flexibility index (Phi) is 5.25. The zero-order chi connectivity index (χ0) is 16.9. The summed E-state index contributed by atoms with van der Waals surface area (Å²) in [6.45, 7) is 3.04. The van der Waals surface area contributed by atoms with Crippen molar-refractivity contribution < 1.29 is 14.0 Å². The van der Waals surface area contributed by atoms with Crippen LogP contribution in [-0.4, -0.2) is 60.4 Å². The lowest BCUT2D eigenvalue weighted by molar-refractivity contribution is -0.128. The molecule has 0 aromatic heterocycles. The molecule has 6 heteroatoms. The number of carbonyl (C=O) groups is 2. The summed E-state index contributed by atoms with van der Waals surface area (Å²) in [7, 11) is 0. The number of nitrogens with zero attached hydrogens (tertiary/aromatic N) is 2. The molecule has 24 heavy (non-hydrogen) atoms. The molecule has 0 unspecified atom stereocenters. The van der Waals surface area contributed by atoms with Gasteiger partial charge < -0.3 is 10.2 Å². The standard InChI is InChI=1S/C18H22FN3O2/c19-15-4-1-14(2-5-15)3-8-18(24)22-11-9-21(10-12-22)13-17(23)20-16-6-7-16/h1-5,8,16H,6-7,9-13H2,(H,20,23)/b8-3+. The third-order valence-electron chi connectivity index (χ3n) is 4.28. The van der Waals surface area contributed by atoms with Gasteiger partial charge in [0.2, 0.25) is 11.8 Å². The summed E-state index contributed by atoms with van der Waals surface area (Å²) in [6.07, 6.45) is 5.39. The molecule has 128 valence electrons. The van der Waals surface area contributed by atoms with Crippen LogP contribution in [0.2, 0.25) is 0 Å². The second-order valence-electron chi connectivity index (χ2n) is 6.33. The predicted molar refractivity (Wildman–Crippen MR) is 89.6 cm³/mol. The number of nitrogens with one attached hydrogen (secondary N) is 1. The first-order valence-electron chi connectivity index (χ1n) is 8.34. The molecule has 5 nitrogen and oxygen atoms in total. The second kappa shape index (κ2) is 7.57. The van der Waals surface area contributed by atoms with Gasteiger partial charge in [0.05, 0.1) is 6.54 Å². The Bertz CT molecular complexity index is 618. The fraction of sp³-hybridized carbons (Fsp3) is 0.444. The quantitative estimate of drug-likeness (QED) is 0.827. The van der Waals surface area contributed by atoms with Gasteiger partial charge in [0.25, 0.3) is 0 Å². The third kappa shape index (κ3) is 4.89. The van der Waals surface area contributed by atoms with Gasteiger partial charge in [0.15, 0.2) is 0 Å². The van der Waals surface area contributed by atoms with Gasteiger partial charge in [-0.1, -0.05) is 12.1 Å². The van der Waals surface area contributed by atoms with Crippen LogP contribution in [-0.2, 0) is 9.59 Å². The van der Waals surface area contributed by atoms with Crippen LogP contribution in [0.25, 0.3) is 6.08 Å². The summed E-state index contributed by atoms with van der Waals surface area (Å²) in [5, 5.41) is 2.98. The van der Waals surface area contributed by atoms with Crippen molar-refractivity contribution in [2.24, 2.45) is 0 Å². The van der Waals surface area contributed by atoms with Crippen molar-refractivity contribution in [3.63, 3.8) is 0 Å². The SMILES string of the molecule is O=C(CN1CCN(C(=O)/C=C/c2ccc(F)cc2)CC1)NC1CC1. The number of halogens is 1. The van der Waals surface area contributed by atoms with Crippen molar-refractivity contribution in [2.75, 3.05) is 32.7 Å². The molecule has 1 heterocycles. The summed E-state index contributed by atoms with van der Waals surface area (Å²) in [4.78, 5) is 27.8. The van der Waals surface area contributed by atoms with Gasteiger partial charge >= 0.3 is 0 Å². The molecule has 2 aliphatic rings. The minimum Gasteiger partial charge on any atom is -0.352 e. The van der Waals surface area contributed by atoms with Gasteiger partial charge in [-0.25, -0.2) is 4.39 Å². The molecule has 1 aromatic carbocycles. The van der Waals surface area contributed by atoms with E-state index in [1.165, 1.54) is 18.2 Å². The Labute approximate surface area is 141 Å². The molecular formula is C18H22FN3O2. The Morgan fingerprint density at radius 3 is 2.42 bits per heavy atom. The maximum Gasteiger partial charge on any atom is 0.246 e.